The lowest BCUT2D eigenvalue weighted by Gasteiger charge is -2.14. The van der Waals surface area contributed by atoms with E-state index in [1.54, 1.807) is 6.20 Å². The molecule has 4 nitrogen and oxygen atoms in total. The fourth-order valence-electron chi connectivity index (χ4n) is 2.18. The van der Waals surface area contributed by atoms with Gasteiger partial charge in [-0.15, -0.1) is 0 Å². The summed E-state index contributed by atoms with van der Waals surface area (Å²) in [7, 11) is 0. The van der Waals surface area contributed by atoms with Crippen molar-refractivity contribution in [2.75, 3.05) is 5.32 Å². The number of hydrazine groups is 1. The maximum Gasteiger partial charge on any atom is 0.189 e. The van der Waals surface area contributed by atoms with Gasteiger partial charge in [0, 0.05) is 18.3 Å². The smallest absolute Gasteiger partial charge is 0.189 e. The highest BCUT2D eigenvalue weighted by Crippen LogP contribution is 2.14. The van der Waals surface area contributed by atoms with Crippen molar-refractivity contribution < 1.29 is 0 Å². The number of nitrogens with one attached hydrogen (secondary N) is 3. The molecule has 0 fully saturated rings. The molecule has 0 unspecified atom stereocenters. The van der Waals surface area contributed by atoms with Crippen LogP contribution in [0.2, 0.25) is 0 Å². The van der Waals surface area contributed by atoms with Crippen LogP contribution in [0.25, 0.3) is 6.08 Å². The SMILES string of the molecule is S=C(NNC1=NC=Cc2ccccc2C1)Nc1ccccc1. The Morgan fingerprint density at radius 3 is 2.64 bits per heavy atom. The average molecular weight is 308 g/mol. The van der Waals surface area contributed by atoms with E-state index in [2.05, 4.69) is 33.3 Å². The summed E-state index contributed by atoms with van der Waals surface area (Å²) in [4.78, 5) is 4.39. The molecular weight excluding hydrogens is 292 g/mol. The normalized spacial score (nSPS) is 12.6. The maximum atomic E-state index is 5.26. The summed E-state index contributed by atoms with van der Waals surface area (Å²) in [6.07, 6.45) is 4.53. The summed E-state index contributed by atoms with van der Waals surface area (Å²) < 4.78 is 0. The summed E-state index contributed by atoms with van der Waals surface area (Å²) in [5.41, 5.74) is 9.39. The maximum absolute atomic E-state index is 5.26. The Labute approximate surface area is 134 Å². The molecule has 1 aliphatic rings. The lowest BCUT2D eigenvalue weighted by atomic mass is 10.0. The predicted molar refractivity (Wildman–Crippen MR) is 95.5 cm³/mol. The first-order valence-electron chi connectivity index (χ1n) is 7.00. The molecule has 22 heavy (non-hydrogen) atoms. The number of benzene rings is 2. The molecule has 5 heteroatoms. The van der Waals surface area contributed by atoms with Crippen LogP contribution in [0.15, 0.2) is 65.8 Å². The van der Waals surface area contributed by atoms with Gasteiger partial charge in [-0.1, -0.05) is 42.5 Å². The van der Waals surface area contributed by atoms with Crippen LogP contribution in [0, 0.1) is 0 Å². The summed E-state index contributed by atoms with van der Waals surface area (Å²) in [5.74, 6) is 0.818. The van der Waals surface area contributed by atoms with Crippen molar-refractivity contribution in [2.45, 2.75) is 6.42 Å². The minimum absolute atomic E-state index is 0.496. The number of thiocarbonyl (C=S) groups is 1. The second-order valence-corrected chi connectivity index (χ2v) is 5.25. The number of hydrogen-bond acceptors (Lipinski definition) is 3. The molecule has 0 spiro atoms. The summed E-state index contributed by atoms with van der Waals surface area (Å²) in [6, 6.07) is 18.0. The number of rotatable bonds is 1. The average Bonchev–Trinajstić information content (AvgIpc) is 2.76. The van der Waals surface area contributed by atoms with E-state index in [9.17, 15) is 0 Å². The molecule has 0 bridgehead atoms. The fourth-order valence-corrected chi connectivity index (χ4v) is 2.35. The van der Waals surface area contributed by atoms with E-state index in [4.69, 9.17) is 12.2 Å². The Morgan fingerprint density at radius 2 is 1.77 bits per heavy atom. The van der Waals surface area contributed by atoms with Gasteiger partial charge in [0.1, 0.15) is 5.84 Å². The summed E-state index contributed by atoms with van der Waals surface area (Å²) in [5, 5.41) is 3.60. The molecule has 0 saturated carbocycles. The largest absolute Gasteiger partial charge is 0.331 e. The van der Waals surface area contributed by atoms with Gasteiger partial charge in [-0.3, -0.25) is 10.9 Å². The Kier molecular flexibility index (Phi) is 4.46. The number of amidine groups is 1. The lowest BCUT2D eigenvalue weighted by Crippen LogP contribution is -2.44. The second kappa shape index (κ2) is 6.87. The molecule has 0 aromatic heterocycles. The zero-order chi connectivity index (χ0) is 15.2. The molecule has 110 valence electrons. The van der Waals surface area contributed by atoms with E-state index >= 15 is 0 Å². The number of anilines is 1. The van der Waals surface area contributed by atoms with Crippen molar-refractivity contribution in [2.24, 2.45) is 4.99 Å². The van der Waals surface area contributed by atoms with Crippen molar-refractivity contribution in [1.82, 2.24) is 10.9 Å². The molecular formula is C17H16N4S. The van der Waals surface area contributed by atoms with E-state index in [0.717, 1.165) is 17.9 Å². The molecule has 3 rings (SSSR count). The predicted octanol–water partition coefficient (Wildman–Crippen LogP) is 3.10. The fraction of sp³-hybridized carbons (Fsp3) is 0.0588. The summed E-state index contributed by atoms with van der Waals surface area (Å²) >= 11 is 5.26. The molecule has 3 N–H and O–H groups in total. The van der Waals surface area contributed by atoms with Crippen molar-refractivity contribution in [3.8, 4) is 0 Å². The zero-order valence-electron chi connectivity index (χ0n) is 11.9. The van der Waals surface area contributed by atoms with Gasteiger partial charge in [-0.25, -0.2) is 4.99 Å². The van der Waals surface area contributed by atoms with E-state index < -0.39 is 0 Å². The van der Waals surface area contributed by atoms with Crippen molar-refractivity contribution >= 4 is 34.9 Å². The first-order chi connectivity index (χ1) is 10.8. The summed E-state index contributed by atoms with van der Waals surface area (Å²) in [6.45, 7) is 0. The topological polar surface area (TPSA) is 48.5 Å². The van der Waals surface area contributed by atoms with Crippen LogP contribution in [0.4, 0.5) is 5.69 Å². The van der Waals surface area contributed by atoms with Crippen LogP contribution in [-0.2, 0) is 6.42 Å². The first-order valence-corrected chi connectivity index (χ1v) is 7.41. The number of hydrogen-bond donors (Lipinski definition) is 3. The molecule has 0 aliphatic carbocycles. The Bertz CT molecular complexity index is 722. The van der Waals surface area contributed by atoms with Crippen LogP contribution in [0.3, 0.4) is 0 Å². The number of para-hydroxylation sites is 1. The molecule has 0 amide bonds. The highest BCUT2D eigenvalue weighted by Gasteiger charge is 2.07. The van der Waals surface area contributed by atoms with Gasteiger partial charge in [0.2, 0.25) is 0 Å². The van der Waals surface area contributed by atoms with Gasteiger partial charge in [0.15, 0.2) is 5.11 Å². The third-order valence-corrected chi connectivity index (χ3v) is 3.45. The highest BCUT2D eigenvalue weighted by atomic mass is 32.1. The molecule has 0 saturated heterocycles. The van der Waals surface area contributed by atoms with Gasteiger partial charge < -0.3 is 5.32 Å². The molecule has 2 aromatic carbocycles. The van der Waals surface area contributed by atoms with Gasteiger partial charge in [-0.2, -0.15) is 0 Å². The molecule has 1 aliphatic heterocycles. The monoisotopic (exact) mass is 308 g/mol. The zero-order valence-corrected chi connectivity index (χ0v) is 12.7. The number of aliphatic imine (C=N–C) groups is 1. The Hall–Kier alpha value is -2.66. The minimum Gasteiger partial charge on any atom is -0.331 e. The quantitative estimate of drug-likeness (QED) is 0.560. The van der Waals surface area contributed by atoms with E-state index in [1.807, 2.05) is 48.5 Å². The van der Waals surface area contributed by atoms with Crippen LogP contribution in [0.1, 0.15) is 11.1 Å². The third-order valence-electron chi connectivity index (χ3n) is 3.25. The van der Waals surface area contributed by atoms with Crippen molar-refractivity contribution in [3.63, 3.8) is 0 Å². The van der Waals surface area contributed by atoms with Crippen molar-refractivity contribution in [1.29, 1.82) is 0 Å². The number of fused-ring (bicyclic) bond motifs is 1. The van der Waals surface area contributed by atoms with E-state index in [1.165, 1.54) is 11.1 Å². The van der Waals surface area contributed by atoms with Gasteiger partial charge >= 0.3 is 0 Å². The molecule has 0 radical (unpaired) electrons. The van der Waals surface area contributed by atoms with Crippen LogP contribution >= 0.6 is 12.2 Å². The standard InChI is InChI=1S/C17H16N4S/c22-17(19-15-8-2-1-3-9-15)21-20-16-12-14-7-5-4-6-13(14)10-11-18-16/h1-11H,12H2,(H,18,20)(H2,19,21,22). The van der Waals surface area contributed by atoms with Gasteiger partial charge in [0.25, 0.3) is 0 Å². The van der Waals surface area contributed by atoms with Crippen LogP contribution in [0.5, 0.6) is 0 Å². The van der Waals surface area contributed by atoms with E-state index in [-0.39, 0.29) is 0 Å². The Morgan fingerprint density at radius 1 is 1.00 bits per heavy atom. The minimum atomic E-state index is 0.496. The van der Waals surface area contributed by atoms with E-state index in [0.29, 0.717) is 5.11 Å². The van der Waals surface area contributed by atoms with Crippen LogP contribution < -0.4 is 16.2 Å². The molecule has 1 heterocycles. The first kappa shape index (κ1) is 14.3. The lowest BCUT2D eigenvalue weighted by molar-refractivity contribution is 0.856. The molecule has 0 atom stereocenters. The molecule has 2 aromatic rings. The van der Waals surface area contributed by atoms with Gasteiger partial charge in [-0.05, 0) is 41.6 Å². The Balaban J connectivity index is 1.57. The van der Waals surface area contributed by atoms with Crippen LogP contribution in [-0.4, -0.2) is 10.9 Å². The highest BCUT2D eigenvalue weighted by molar-refractivity contribution is 7.80. The third kappa shape index (κ3) is 3.71. The number of nitrogens with zero attached hydrogens (tertiary/aromatic N) is 1. The second-order valence-electron chi connectivity index (χ2n) is 4.84. The van der Waals surface area contributed by atoms with Gasteiger partial charge in [0.05, 0.1) is 0 Å². The van der Waals surface area contributed by atoms with Crippen molar-refractivity contribution in [3.05, 3.63) is 71.9 Å².